The lowest BCUT2D eigenvalue weighted by atomic mass is 10.0. The van der Waals surface area contributed by atoms with Crippen molar-refractivity contribution >= 4 is 15.7 Å². The number of fused-ring (bicyclic) bond motifs is 1. The summed E-state index contributed by atoms with van der Waals surface area (Å²) in [6.45, 7) is 4.96. The van der Waals surface area contributed by atoms with E-state index in [9.17, 15) is 13.5 Å². The fourth-order valence-electron chi connectivity index (χ4n) is 2.65. The van der Waals surface area contributed by atoms with Crippen molar-refractivity contribution in [3.8, 4) is 0 Å². The molecule has 5 nitrogen and oxygen atoms in total. The number of sulfonamides is 1. The predicted molar refractivity (Wildman–Crippen MR) is 83.8 cm³/mol. The van der Waals surface area contributed by atoms with E-state index in [0.717, 1.165) is 37.1 Å². The second-order valence-corrected chi connectivity index (χ2v) is 6.97. The Bertz CT molecular complexity index is 613. The minimum atomic E-state index is -3.70. The van der Waals surface area contributed by atoms with Crippen LogP contribution in [0.3, 0.4) is 0 Å². The zero-order valence-corrected chi connectivity index (χ0v) is 12.8. The Morgan fingerprint density at radius 3 is 2.90 bits per heavy atom. The number of aryl methyl sites for hydroxylation is 1. The third kappa shape index (κ3) is 4.06. The quantitative estimate of drug-likeness (QED) is 0.778. The van der Waals surface area contributed by atoms with Crippen LogP contribution in [0, 0.1) is 0 Å². The highest BCUT2D eigenvalue weighted by Crippen LogP contribution is 2.29. The minimum absolute atomic E-state index is 0.119. The summed E-state index contributed by atoms with van der Waals surface area (Å²) in [7, 11) is -3.70. The maximum absolute atomic E-state index is 11.5. The van der Waals surface area contributed by atoms with E-state index in [4.69, 9.17) is 5.14 Å². The SMILES string of the molecule is C=CCCC(O)CN1CCCc2ccc(S(N)(=O)=O)cc21. The molecule has 0 radical (unpaired) electrons. The van der Waals surface area contributed by atoms with Gasteiger partial charge in [-0.2, -0.15) is 0 Å². The lowest BCUT2D eigenvalue weighted by molar-refractivity contribution is 0.170. The highest BCUT2D eigenvalue weighted by Gasteiger charge is 2.21. The second kappa shape index (κ2) is 6.60. The number of allylic oxidation sites excluding steroid dienone is 1. The van der Waals surface area contributed by atoms with Gasteiger partial charge in [0, 0.05) is 18.8 Å². The molecule has 0 amide bonds. The minimum Gasteiger partial charge on any atom is -0.391 e. The summed E-state index contributed by atoms with van der Waals surface area (Å²) in [5.74, 6) is 0. The van der Waals surface area contributed by atoms with Crippen molar-refractivity contribution in [3.05, 3.63) is 36.4 Å². The molecule has 0 fully saturated rings. The summed E-state index contributed by atoms with van der Waals surface area (Å²) < 4.78 is 23.0. The van der Waals surface area contributed by atoms with Gasteiger partial charge in [-0.25, -0.2) is 13.6 Å². The molecule has 3 N–H and O–H groups in total. The van der Waals surface area contributed by atoms with Gasteiger partial charge in [0.1, 0.15) is 0 Å². The van der Waals surface area contributed by atoms with E-state index in [1.165, 1.54) is 0 Å². The number of rotatable bonds is 6. The van der Waals surface area contributed by atoms with Crippen LogP contribution >= 0.6 is 0 Å². The monoisotopic (exact) mass is 310 g/mol. The first-order valence-corrected chi connectivity index (χ1v) is 8.66. The number of anilines is 1. The molecule has 1 unspecified atom stereocenters. The normalized spacial score (nSPS) is 16.4. The average Bonchev–Trinajstić information content (AvgIpc) is 2.44. The summed E-state index contributed by atoms with van der Waals surface area (Å²) in [5, 5.41) is 15.3. The average molecular weight is 310 g/mol. The van der Waals surface area contributed by atoms with Crippen molar-refractivity contribution in [2.45, 2.75) is 36.7 Å². The highest BCUT2D eigenvalue weighted by molar-refractivity contribution is 7.89. The van der Waals surface area contributed by atoms with Crippen LogP contribution in [0.5, 0.6) is 0 Å². The maximum atomic E-state index is 11.5. The predicted octanol–water partition coefficient (Wildman–Crippen LogP) is 1.41. The molecule has 0 spiro atoms. The molecular weight excluding hydrogens is 288 g/mol. The fraction of sp³-hybridized carbons (Fsp3) is 0.467. The Balaban J connectivity index is 2.22. The lowest BCUT2D eigenvalue weighted by Gasteiger charge is -2.33. The standard InChI is InChI=1S/C15H22N2O3S/c1-2-3-6-13(18)11-17-9-4-5-12-7-8-14(10-15(12)17)21(16,19)20/h2,7-8,10,13,18H,1,3-6,9,11H2,(H2,16,19,20). The van der Waals surface area contributed by atoms with E-state index < -0.39 is 16.1 Å². The summed E-state index contributed by atoms with van der Waals surface area (Å²) >= 11 is 0. The van der Waals surface area contributed by atoms with Gasteiger partial charge in [-0.1, -0.05) is 12.1 Å². The van der Waals surface area contributed by atoms with Gasteiger partial charge in [-0.05, 0) is 43.4 Å². The van der Waals surface area contributed by atoms with Crippen LogP contribution in [0.1, 0.15) is 24.8 Å². The number of hydrogen-bond donors (Lipinski definition) is 2. The van der Waals surface area contributed by atoms with E-state index in [-0.39, 0.29) is 4.90 Å². The Morgan fingerprint density at radius 1 is 1.48 bits per heavy atom. The molecular formula is C15H22N2O3S. The van der Waals surface area contributed by atoms with Gasteiger partial charge in [0.15, 0.2) is 0 Å². The number of hydrogen-bond acceptors (Lipinski definition) is 4. The van der Waals surface area contributed by atoms with Crippen molar-refractivity contribution < 1.29 is 13.5 Å². The third-order valence-electron chi connectivity index (χ3n) is 3.74. The van der Waals surface area contributed by atoms with Crippen LogP contribution in [0.25, 0.3) is 0 Å². The first-order chi connectivity index (χ1) is 9.91. The molecule has 1 heterocycles. The number of aliphatic hydroxyl groups is 1. The molecule has 1 atom stereocenters. The molecule has 1 aromatic rings. The van der Waals surface area contributed by atoms with Gasteiger partial charge >= 0.3 is 0 Å². The van der Waals surface area contributed by atoms with E-state index >= 15 is 0 Å². The lowest BCUT2D eigenvalue weighted by Crippen LogP contribution is -2.36. The van der Waals surface area contributed by atoms with Crippen LogP contribution in [0.2, 0.25) is 0 Å². The van der Waals surface area contributed by atoms with Crippen LogP contribution < -0.4 is 10.0 Å². The molecule has 0 bridgehead atoms. The Labute approximate surface area is 126 Å². The first-order valence-electron chi connectivity index (χ1n) is 7.11. The van der Waals surface area contributed by atoms with Crippen molar-refractivity contribution in [3.63, 3.8) is 0 Å². The summed E-state index contributed by atoms with van der Waals surface area (Å²) in [5.41, 5.74) is 1.97. The van der Waals surface area contributed by atoms with Crippen LogP contribution in [-0.4, -0.2) is 32.7 Å². The zero-order chi connectivity index (χ0) is 15.5. The summed E-state index contributed by atoms with van der Waals surface area (Å²) in [6.07, 6.45) is 4.66. The third-order valence-corrected chi connectivity index (χ3v) is 4.65. The smallest absolute Gasteiger partial charge is 0.238 e. The molecule has 0 saturated carbocycles. The van der Waals surface area contributed by atoms with Gasteiger partial charge in [0.05, 0.1) is 11.0 Å². The number of nitrogens with zero attached hydrogens (tertiary/aromatic N) is 1. The molecule has 6 heteroatoms. The van der Waals surface area contributed by atoms with Gasteiger partial charge in [0.25, 0.3) is 0 Å². The maximum Gasteiger partial charge on any atom is 0.238 e. The molecule has 21 heavy (non-hydrogen) atoms. The van der Waals surface area contributed by atoms with Crippen LogP contribution in [0.4, 0.5) is 5.69 Å². The van der Waals surface area contributed by atoms with Gasteiger partial charge in [-0.15, -0.1) is 6.58 Å². The molecule has 0 aliphatic carbocycles. The van der Waals surface area contributed by atoms with E-state index in [1.54, 1.807) is 18.2 Å². The van der Waals surface area contributed by atoms with Crippen molar-refractivity contribution in [1.29, 1.82) is 0 Å². The molecule has 1 aliphatic heterocycles. The number of nitrogens with two attached hydrogens (primary N) is 1. The number of benzene rings is 1. The summed E-state index contributed by atoms with van der Waals surface area (Å²) in [6, 6.07) is 4.98. The van der Waals surface area contributed by atoms with Crippen LogP contribution in [-0.2, 0) is 16.4 Å². The van der Waals surface area contributed by atoms with Gasteiger partial charge in [0.2, 0.25) is 10.0 Å². The van der Waals surface area contributed by atoms with Crippen molar-refractivity contribution in [2.75, 3.05) is 18.0 Å². The molecule has 1 aromatic carbocycles. The van der Waals surface area contributed by atoms with Gasteiger partial charge in [-0.3, -0.25) is 0 Å². The Kier molecular flexibility index (Phi) is 5.03. The van der Waals surface area contributed by atoms with Crippen LogP contribution in [0.15, 0.2) is 35.7 Å². The second-order valence-electron chi connectivity index (χ2n) is 5.40. The molecule has 1 aliphatic rings. The Hall–Kier alpha value is -1.37. The number of primary sulfonamides is 1. The van der Waals surface area contributed by atoms with Gasteiger partial charge < -0.3 is 10.0 Å². The highest BCUT2D eigenvalue weighted by atomic mass is 32.2. The number of β-amino-alcohol motifs (C(OH)–C–C–N with tert-alkyl or cyclic N) is 1. The first kappa shape index (κ1) is 16.0. The van der Waals surface area contributed by atoms with Crippen molar-refractivity contribution in [2.24, 2.45) is 5.14 Å². The molecule has 116 valence electrons. The molecule has 0 aromatic heterocycles. The fourth-order valence-corrected chi connectivity index (χ4v) is 3.19. The molecule has 2 rings (SSSR count). The van der Waals surface area contributed by atoms with E-state index in [1.807, 2.05) is 11.0 Å². The summed E-state index contributed by atoms with van der Waals surface area (Å²) in [4.78, 5) is 2.16. The van der Waals surface area contributed by atoms with Crippen molar-refractivity contribution in [1.82, 2.24) is 0 Å². The largest absolute Gasteiger partial charge is 0.391 e. The van der Waals surface area contributed by atoms with E-state index in [0.29, 0.717) is 13.0 Å². The van der Waals surface area contributed by atoms with E-state index in [2.05, 4.69) is 6.58 Å². The Morgan fingerprint density at radius 2 is 2.24 bits per heavy atom. The molecule has 0 saturated heterocycles. The zero-order valence-electron chi connectivity index (χ0n) is 12.0. The number of aliphatic hydroxyl groups excluding tert-OH is 1. The topological polar surface area (TPSA) is 83.6 Å².